The molecule has 6 rings (SSSR count). The van der Waals surface area contributed by atoms with Crippen molar-refractivity contribution in [3.63, 3.8) is 0 Å². The number of hydrogen-bond acceptors (Lipinski definition) is 5. The highest BCUT2D eigenvalue weighted by molar-refractivity contribution is 5.77. The van der Waals surface area contributed by atoms with Gasteiger partial charge in [-0.1, -0.05) is 44.2 Å². The van der Waals surface area contributed by atoms with Gasteiger partial charge in [-0.15, -0.1) is 0 Å². The van der Waals surface area contributed by atoms with E-state index in [2.05, 4.69) is 9.88 Å². The molecule has 2 aliphatic heterocycles. The third-order valence-electron chi connectivity index (χ3n) is 9.38. The van der Waals surface area contributed by atoms with E-state index in [-0.39, 0.29) is 24.0 Å². The molecule has 35 heavy (non-hydrogen) atoms. The number of benzene rings is 1. The van der Waals surface area contributed by atoms with E-state index in [0.29, 0.717) is 30.4 Å². The second-order valence-electron chi connectivity index (χ2n) is 11.5. The van der Waals surface area contributed by atoms with E-state index in [1.807, 2.05) is 28.8 Å². The second-order valence-corrected chi connectivity index (χ2v) is 11.5. The molecule has 0 radical (unpaired) electrons. The number of carbonyl (C=O) groups is 1. The van der Waals surface area contributed by atoms with Crippen molar-refractivity contribution >= 4 is 17.0 Å². The average molecular weight is 478 g/mol. The first-order valence-corrected chi connectivity index (χ1v) is 14.1. The highest BCUT2D eigenvalue weighted by Gasteiger charge is 2.49. The lowest BCUT2D eigenvalue weighted by Gasteiger charge is -2.46. The third-order valence-corrected chi connectivity index (χ3v) is 9.38. The number of nitrogens with zero attached hydrogens (tertiary/aromatic N) is 3. The van der Waals surface area contributed by atoms with E-state index >= 15 is 0 Å². The molecule has 0 spiro atoms. The zero-order valence-electron chi connectivity index (χ0n) is 21.0. The molecule has 6 nitrogen and oxygen atoms in total. The summed E-state index contributed by atoms with van der Waals surface area (Å²) in [6, 6.07) is 9.73. The van der Waals surface area contributed by atoms with Crippen LogP contribution in [0.25, 0.3) is 11.0 Å². The molecule has 0 amide bonds. The maximum atomic E-state index is 13.9. The van der Waals surface area contributed by atoms with Gasteiger partial charge in [0, 0.05) is 18.1 Å². The zero-order chi connectivity index (χ0) is 23.9. The van der Waals surface area contributed by atoms with Crippen LogP contribution in [-0.2, 0) is 16.0 Å². The van der Waals surface area contributed by atoms with Crippen molar-refractivity contribution in [1.82, 2.24) is 14.5 Å². The van der Waals surface area contributed by atoms with Crippen LogP contribution in [0.1, 0.15) is 89.3 Å². The number of rotatable bonds is 5. The minimum atomic E-state index is -0.379. The first-order valence-electron chi connectivity index (χ1n) is 14.1. The van der Waals surface area contributed by atoms with Crippen molar-refractivity contribution in [1.29, 1.82) is 0 Å². The summed E-state index contributed by atoms with van der Waals surface area (Å²) in [5, 5.41) is 0. The van der Waals surface area contributed by atoms with Crippen LogP contribution in [0.2, 0.25) is 0 Å². The molecule has 1 aromatic heterocycles. The minimum Gasteiger partial charge on any atom is -0.466 e. The van der Waals surface area contributed by atoms with Gasteiger partial charge in [0.05, 0.1) is 30.1 Å². The van der Waals surface area contributed by atoms with Crippen molar-refractivity contribution in [3.8, 4) is 0 Å². The molecule has 2 unspecified atom stereocenters. The summed E-state index contributed by atoms with van der Waals surface area (Å²) in [4.78, 5) is 33.6. The smallest absolute Gasteiger partial charge is 0.312 e. The lowest BCUT2D eigenvalue weighted by Crippen LogP contribution is -2.51. The molecule has 5 atom stereocenters. The lowest BCUT2D eigenvalue weighted by molar-refractivity contribution is -0.142. The van der Waals surface area contributed by atoms with Gasteiger partial charge in [-0.05, 0) is 69.4 Å². The summed E-state index contributed by atoms with van der Waals surface area (Å²) >= 11 is 0. The summed E-state index contributed by atoms with van der Waals surface area (Å²) in [6.45, 7) is 2.10. The topological polar surface area (TPSA) is 64.4 Å². The van der Waals surface area contributed by atoms with Crippen LogP contribution in [-0.4, -0.2) is 45.2 Å². The fourth-order valence-corrected chi connectivity index (χ4v) is 8.15. The maximum absolute atomic E-state index is 13.9. The predicted octanol–water partition coefficient (Wildman–Crippen LogP) is 5.03. The first-order chi connectivity index (χ1) is 17.1. The van der Waals surface area contributed by atoms with Crippen LogP contribution in [0.3, 0.4) is 0 Å². The number of hydrogen-bond donors (Lipinski definition) is 0. The number of piperidine rings is 1. The number of carbonyl (C=O) groups excluding carboxylic acids is 1. The van der Waals surface area contributed by atoms with Gasteiger partial charge >= 0.3 is 5.97 Å². The van der Waals surface area contributed by atoms with E-state index in [9.17, 15) is 9.59 Å². The Morgan fingerprint density at radius 3 is 2.49 bits per heavy atom. The Bertz CT molecular complexity index is 1130. The quantitative estimate of drug-likeness (QED) is 0.565. The van der Waals surface area contributed by atoms with Crippen LogP contribution in [0.5, 0.6) is 0 Å². The van der Waals surface area contributed by atoms with Crippen LogP contribution in [0, 0.1) is 11.8 Å². The van der Waals surface area contributed by atoms with Crippen molar-refractivity contribution in [3.05, 3.63) is 40.3 Å². The van der Waals surface area contributed by atoms with E-state index in [1.165, 1.54) is 57.8 Å². The molecule has 4 bridgehead atoms. The number of ether oxygens (including phenoxy) is 1. The molecule has 3 heterocycles. The van der Waals surface area contributed by atoms with Crippen LogP contribution in [0.4, 0.5) is 0 Å². The number of fused-ring (bicyclic) bond motifs is 5. The maximum Gasteiger partial charge on any atom is 0.312 e. The van der Waals surface area contributed by atoms with Gasteiger partial charge in [0.1, 0.15) is 5.69 Å². The molecule has 0 N–H and O–H groups in total. The Hall–Kier alpha value is -2.21. The average Bonchev–Trinajstić information content (AvgIpc) is 2.96. The summed E-state index contributed by atoms with van der Waals surface area (Å²) < 4.78 is 7.18. The molecule has 4 fully saturated rings. The molecular formula is C29H39N3O3. The van der Waals surface area contributed by atoms with E-state index in [1.54, 1.807) is 6.92 Å². The highest BCUT2D eigenvalue weighted by Crippen LogP contribution is 2.49. The van der Waals surface area contributed by atoms with Gasteiger partial charge in [-0.2, -0.15) is 0 Å². The van der Waals surface area contributed by atoms with Gasteiger partial charge in [-0.25, -0.2) is 4.98 Å². The normalized spacial score (nSPS) is 32.9. The first kappa shape index (κ1) is 23.2. The Balaban J connectivity index is 1.37. The van der Waals surface area contributed by atoms with Crippen molar-refractivity contribution in [2.45, 2.75) is 108 Å². The van der Waals surface area contributed by atoms with Crippen LogP contribution in [0.15, 0.2) is 29.1 Å². The molecule has 2 saturated carbocycles. The summed E-state index contributed by atoms with van der Waals surface area (Å²) in [7, 11) is 0. The Morgan fingerprint density at radius 2 is 1.71 bits per heavy atom. The highest BCUT2D eigenvalue weighted by atomic mass is 16.5. The minimum absolute atomic E-state index is 0.0615. The fourth-order valence-electron chi connectivity index (χ4n) is 8.15. The summed E-state index contributed by atoms with van der Waals surface area (Å²) in [5.74, 6) is 1.40. The van der Waals surface area contributed by atoms with Crippen molar-refractivity contribution in [2.75, 3.05) is 6.61 Å². The monoisotopic (exact) mass is 477 g/mol. The van der Waals surface area contributed by atoms with E-state index in [0.717, 1.165) is 35.7 Å². The second kappa shape index (κ2) is 9.68. The molecule has 2 saturated heterocycles. The van der Waals surface area contributed by atoms with E-state index in [4.69, 9.17) is 4.74 Å². The predicted molar refractivity (Wildman–Crippen MR) is 136 cm³/mol. The van der Waals surface area contributed by atoms with Crippen molar-refractivity contribution < 1.29 is 9.53 Å². The number of para-hydroxylation sites is 2. The fraction of sp³-hybridized carbons (Fsp3) is 0.690. The van der Waals surface area contributed by atoms with E-state index < -0.39 is 0 Å². The molecule has 4 aliphatic rings. The molecule has 2 aromatic rings. The Morgan fingerprint density at radius 1 is 0.943 bits per heavy atom. The Kier molecular flexibility index (Phi) is 6.42. The van der Waals surface area contributed by atoms with Gasteiger partial charge in [0.2, 0.25) is 0 Å². The Labute approximate surface area is 208 Å². The van der Waals surface area contributed by atoms with Gasteiger partial charge in [0.15, 0.2) is 0 Å². The lowest BCUT2D eigenvalue weighted by atomic mass is 9.76. The largest absolute Gasteiger partial charge is 0.466 e. The molecule has 6 heteroatoms. The zero-order valence-corrected chi connectivity index (χ0v) is 21.0. The SMILES string of the molecule is CCOC(=O)Cc1nc2ccccc2n([C@@H]2C[C@@H]3CCC[C@H]2N3C2CC3CCCCC(C3)C2)c1=O. The van der Waals surface area contributed by atoms with Crippen LogP contribution >= 0.6 is 0 Å². The summed E-state index contributed by atoms with van der Waals surface area (Å²) in [5.41, 5.74) is 1.91. The number of esters is 1. The molecular weight excluding hydrogens is 438 g/mol. The molecule has 2 aliphatic carbocycles. The van der Waals surface area contributed by atoms with Gasteiger partial charge < -0.3 is 9.30 Å². The molecule has 188 valence electrons. The van der Waals surface area contributed by atoms with Crippen molar-refractivity contribution in [2.24, 2.45) is 11.8 Å². The third kappa shape index (κ3) is 4.32. The van der Waals surface area contributed by atoms with Crippen LogP contribution < -0.4 is 5.56 Å². The van der Waals surface area contributed by atoms with Gasteiger partial charge in [0.25, 0.3) is 5.56 Å². The summed E-state index contributed by atoms with van der Waals surface area (Å²) in [6.07, 6.45) is 14.4. The standard InChI is InChI=1S/C29H39N3O3/c1-2-35-28(33)18-24-29(34)32(25-12-6-5-11-23(25)30-24)27-17-21-10-7-13-26(27)31(21)22-15-19-8-3-4-9-20(14-19)16-22/h5-6,11-12,19-22,26-27H,2-4,7-10,13-18H2,1H3/t19?,20?,21-,22?,26+,27+/m0/s1. The molecule has 1 aromatic carbocycles. The van der Waals surface area contributed by atoms with Gasteiger partial charge in [-0.3, -0.25) is 14.5 Å². The number of aromatic nitrogens is 2.